The summed E-state index contributed by atoms with van der Waals surface area (Å²) in [6.07, 6.45) is 0. The number of hydrogen-bond donors (Lipinski definition) is 1. The number of carbonyl (C=O) groups excluding carboxylic acids is 1. The number of halogens is 1. The van der Waals surface area contributed by atoms with Crippen LogP contribution in [0.2, 0.25) is 5.02 Å². The van der Waals surface area contributed by atoms with Crippen LogP contribution in [-0.2, 0) is 4.74 Å². The van der Waals surface area contributed by atoms with Gasteiger partial charge in [-0.1, -0.05) is 23.4 Å². The lowest BCUT2D eigenvalue weighted by atomic mass is 10.1. The molecule has 15 heavy (non-hydrogen) atoms. The van der Waals surface area contributed by atoms with Gasteiger partial charge < -0.3 is 10.5 Å². The van der Waals surface area contributed by atoms with E-state index >= 15 is 0 Å². The van der Waals surface area contributed by atoms with Gasteiger partial charge in [0.2, 0.25) is 0 Å². The van der Waals surface area contributed by atoms with E-state index in [0.29, 0.717) is 16.1 Å². The Balaban J connectivity index is 3.10. The Kier molecular flexibility index (Phi) is 4.17. The van der Waals surface area contributed by atoms with Gasteiger partial charge in [-0.15, -0.1) is 0 Å². The third-order valence-electron chi connectivity index (χ3n) is 1.71. The summed E-state index contributed by atoms with van der Waals surface area (Å²) in [5.74, 6) is 5.02. The molecule has 0 aliphatic carbocycles. The molecule has 0 aromatic heterocycles. The molecular formula is C11H10ClNO2. The Hall–Kier alpha value is -1.50. The van der Waals surface area contributed by atoms with E-state index < -0.39 is 5.97 Å². The van der Waals surface area contributed by atoms with Crippen molar-refractivity contribution in [2.45, 2.75) is 0 Å². The number of hydrogen-bond acceptors (Lipinski definition) is 3. The van der Waals surface area contributed by atoms with Crippen molar-refractivity contribution in [1.82, 2.24) is 0 Å². The van der Waals surface area contributed by atoms with Gasteiger partial charge in [-0.25, -0.2) is 4.79 Å². The van der Waals surface area contributed by atoms with Gasteiger partial charge in [0.05, 0.1) is 24.2 Å². The van der Waals surface area contributed by atoms with Gasteiger partial charge in [0.1, 0.15) is 0 Å². The molecule has 0 bridgehead atoms. The van der Waals surface area contributed by atoms with Crippen molar-refractivity contribution < 1.29 is 9.53 Å². The predicted molar refractivity (Wildman–Crippen MR) is 58.7 cm³/mol. The van der Waals surface area contributed by atoms with E-state index in [0.717, 1.165) is 0 Å². The third kappa shape index (κ3) is 2.98. The van der Waals surface area contributed by atoms with Crippen LogP contribution in [0, 0.1) is 11.8 Å². The van der Waals surface area contributed by atoms with Gasteiger partial charge in [0, 0.05) is 5.56 Å². The molecule has 3 nitrogen and oxygen atoms in total. The standard InChI is InChI=1S/C11H10ClNO2/c1-15-11(14)9-7-8(3-2-6-13)4-5-10(9)12/h4-5,7H,6,13H2,1H3. The van der Waals surface area contributed by atoms with Crippen LogP contribution in [0.4, 0.5) is 0 Å². The van der Waals surface area contributed by atoms with Crippen LogP contribution in [0.15, 0.2) is 18.2 Å². The molecule has 0 unspecified atom stereocenters. The molecule has 4 heteroatoms. The number of ether oxygens (including phenoxy) is 1. The fraction of sp³-hybridized carbons (Fsp3) is 0.182. The fourth-order valence-electron chi connectivity index (χ4n) is 1.02. The second-order valence-corrected chi connectivity index (χ2v) is 3.10. The maximum Gasteiger partial charge on any atom is 0.339 e. The highest BCUT2D eigenvalue weighted by Gasteiger charge is 2.10. The molecule has 0 fully saturated rings. The van der Waals surface area contributed by atoms with Crippen LogP contribution in [0.3, 0.4) is 0 Å². The summed E-state index contributed by atoms with van der Waals surface area (Å²) >= 11 is 5.83. The van der Waals surface area contributed by atoms with E-state index in [1.807, 2.05) is 0 Å². The molecule has 1 aromatic carbocycles. The number of methoxy groups -OCH3 is 1. The minimum Gasteiger partial charge on any atom is -0.465 e. The molecule has 78 valence electrons. The van der Waals surface area contributed by atoms with Crippen molar-refractivity contribution >= 4 is 17.6 Å². The number of carbonyl (C=O) groups is 1. The summed E-state index contributed by atoms with van der Waals surface area (Å²) in [7, 11) is 1.30. The van der Waals surface area contributed by atoms with Gasteiger partial charge >= 0.3 is 5.97 Å². The van der Waals surface area contributed by atoms with Crippen molar-refractivity contribution in [3.8, 4) is 11.8 Å². The van der Waals surface area contributed by atoms with Crippen molar-refractivity contribution in [3.05, 3.63) is 34.3 Å². The fourth-order valence-corrected chi connectivity index (χ4v) is 1.22. The summed E-state index contributed by atoms with van der Waals surface area (Å²) in [5.41, 5.74) is 6.23. The maximum absolute atomic E-state index is 11.3. The van der Waals surface area contributed by atoms with Gasteiger partial charge in [0.15, 0.2) is 0 Å². The minimum atomic E-state index is -0.476. The Bertz CT molecular complexity index is 432. The Morgan fingerprint density at radius 2 is 2.33 bits per heavy atom. The number of nitrogens with two attached hydrogens (primary N) is 1. The largest absolute Gasteiger partial charge is 0.465 e. The summed E-state index contributed by atoms with van der Waals surface area (Å²) in [4.78, 5) is 11.3. The van der Waals surface area contributed by atoms with E-state index in [1.165, 1.54) is 7.11 Å². The molecular weight excluding hydrogens is 214 g/mol. The van der Waals surface area contributed by atoms with Gasteiger partial charge in [0.25, 0.3) is 0 Å². The summed E-state index contributed by atoms with van der Waals surface area (Å²) in [5, 5.41) is 0.347. The summed E-state index contributed by atoms with van der Waals surface area (Å²) < 4.78 is 4.58. The quantitative estimate of drug-likeness (QED) is 0.579. The van der Waals surface area contributed by atoms with Crippen LogP contribution >= 0.6 is 11.6 Å². The smallest absolute Gasteiger partial charge is 0.339 e. The van der Waals surface area contributed by atoms with Crippen LogP contribution in [0.1, 0.15) is 15.9 Å². The highest BCUT2D eigenvalue weighted by Crippen LogP contribution is 2.17. The van der Waals surface area contributed by atoms with Gasteiger partial charge in [-0.05, 0) is 18.2 Å². The monoisotopic (exact) mass is 223 g/mol. The van der Waals surface area contributed by atoms with E-state index in [-0.39, 0.29) is 6.54 Å². The molecule has 0 saturated carbocycles. The summed E-state index contributed by atoms with van der Waals surface area (Å²) in [6.45, 7) is 0.274. The van der Waals surface area contributed by atoms with Crippen LogP contribution in [0.25, 0.3) is 0 Å². The number of benzene rings is 1. The molecule has 0 atom stereocenters. The molecule has 0 heterocycles. The Morgan fingerprint density at radius 3 is 2.93 bits per heavy atom. The zero-order valence-corrected chi connectivity index (χ0v) is 8.97. The van der Waals surface area contributed by atoms with Crippen molar-refractivity contribution in [2.75, 3.05) is 13.7 Å². The van der Waals surface area contributed by atoms with Crippen molar-refractivity contribution in [1.29, 1.82) is 0 Å². The first kappa shape index (κ1) is 11.6. The zero-order chi connectivity index (χ0) is 11.3. The molecule has 1 rings (SSSR count). The topological polar surface area (TPSA) is 52.3 Å². The first-order valence-corrected chi connectivity index (χ1v) is 4.63. The number of esters is 1. The molecule has 0 amide bonds. The lowest BCUT2D eigenvalue weighted by Crippen LogP contribution is -2.02. The normalized spacial score (nSPS) is 9.00. The van der Waals surface area contributed by atoms with E-state index in [2.05, 4.69) is 16.6 Å². The van der Waals surface area contributed by atoms with E-state index in [1.54, 1.807) is 18.2 Å². The van der Waals surface area contributed by atoms with Gasteiger partial charge in [-0.3, -0.25) is 0 Å². The third-order valence-corrected chi connectivity index (χ3v) is 2.04. The molecule has 0 aliphatic rings. The Morgan fingerprint density at radius 1 is 1.60 bits per heavy atom. The second-order valence-electron chi connectivity index (χ2n) is 2.69. The van der Waals surface area contributed by atoms with Crippen LogP contribution in [0.5, 0.6) is 0 Å². The first-order valence-electron chi connectivity index (χ1n) is 4.26. The van der Waals surface area contributed by atoms with Crippen molar-refractivity contribution in [2.24, 2.45) is 5.73 Å². The average molecular weight is 224 g/mol. The summed E-state index contributed by atoms with van der Waals surface area (Å²) in [6, 6.07) is 4.91. The molecule has 0 radical (unpaired) electrons. The Labute approximate surface area is 93.2 Å². The second kappa shape index (κ2) is 5.40. The van der Waals surface area contributed by atoms with Crippen LogP contribution < -0.4 is 5.73 Å². The number of rotatable bonds is 1. The molecule has 1 aromatic rings. The first-order chi connectivity index (χ1) is 7.19. The molecule has 0 aliphatic heterocycles. The SMILES string of the molecule is COC(=O)c1cc(C#CCN)ccc1Cl. The lowest BCUT2D eigenvalue weighted by molar-refractivity contribution is 0.0601. The molecule has 2 N–H and O–H groups in total. The zero-order valence-electron chi connectivity index (χ0n) is 8.21. The highest BCUT2D eigenvalue weighted by atomic mass is 35.5. The van der Waals surface area contributed by atoms with Gasteiger partial charge in [-0.2, -0.15) is 0 Å². The average Bonchev–Trinajstić information content (AvgIpc) is 2.27. The predicted octanol–water partition coefficient (Wildman–Crippen LogP) is 1.44. The lowest BCUT2D eigenvalue weighted by Gasteiger charge is -2.02. The highest BCUT2D eigenvalue weighted by molar-refractivity contribution is 6.33. The molecule has 0 saturated heterocycles. The molecule has 0 spiro atoms. The minimum absolute atomic E-state index is 0.274. The van der Waals surface area contributed by atoms with E-state index in [4.69, 9.17) is 17.3 Å². The maximum atomic E-state index is 11.3. The van der Waals surface area contributed by atoms with Crippen molar-refractivity contribution in [3.63, 3.8) is 0 Å². The van der Waals surface area contributed by atoms with Crippen LogP contribution in [-0.4, -0.2) is 19.6 Å². The van der Waals surface area contributed by atoms with E-state index in [9.17, 15) is 4.79 Å².